The van der Waals surface area contributed by atoms with Crippen LogP contribution >= 0.6 is 15.9 Å². The summed E-state index contributed by atoms with van der Waals surface area (Å²) in [7, 11) is 0. The summed E-state index contributed by atoms with van der Waals surface area (Å²) in [5.41, 5.74) is 7.20. The van der Waals surface area contributed by atoms with Gasteiger partial charge in [0, 0.05) is 0 Å². The van der Waals surface area contributed by atoms with Gasteiger partial charge in [-0.05, 0) is 52.3 Å². The van der Waals surface area contributed by atoms with Gasteiger partial charge < -0.3 is 24.7 Å². The highest BCUT2D eigenvalue weighted by Gasteiger charge is 2.52. The molecular weight excluding hydrogens is 634 g/mol. The van der Waals surface area contributed by atoms with Gasteiger partial charge in [-0.15, -0.1) is 0 Å². The van der Waals surface area contributed by atoms with Gasteiger partial charge in [0.05, 0.1) is 22.1 Å². The lowest BCUT2D eigenvalue weighted by Gasteiger charge is -2.24. The third-order valence-corrected chi connectivity index (χ3v) is 7.45. The molecule has 2 aromatic heterocycles. The second-order valence-electron chi connectivity index (χ2n) is 9.69. The number of anilines is 1. The molecule has 3 aromatic carbocycles. The molecule has 1 fully saturated rings. The lowest BCUT2D eigenvalue weighted by atomic mass is 10.1. The maximum Gasteiger partial charge on any atom is 0.338 e. The molecule has 3 heterocycles. The number of hydrogen-bond acceptors (Lipinski definition) is 11. The van der Waals surface area contributed by atoms with E-state index in [9.17, 15) is 14.4 Å². The number of fused-ring (bicyclic) bond motifs is 1. The average molecular weight is 658 g/mol. The lowest BCUT2D eigenvalue weighted by molar-refractivity contribution is -0.0655. The molecule has 6 rings (SSSR count). The second kappa shape index (κ2) is 12.6. The Bertz CT molecular complexity index is 1800. The van der Waals surface area contributed by atoms with Crippen LogP contribution in [0.15, 0.2) is 102 Å². The summed E-state index contributed by atoms with van der Waals surface area (Å²) in [5.74, 6) is -1.85. The van der Waals surface area contributed by atoms with Gasteiger partial charge in [-0.3, -0.25) is 0 Å². The fourth-order valence-electron chi connectivity index (χ4n) is 4.78. The Morgan fingerprint density at radius 3 is 1.86 bits per heavy atom. The molecule has 1 aliphatic heterocycles. The lowest BCUT2D eigenvalue weighted by Crippen LogP contribution is -2.41. The molecule has 44 heavy (non-hydrogen) atoms. The first-order chi connectivity index (χ1) is 21.4. The Hall–Kier alpha value is -5.14. The molecule has 13 heteroatoms. The van der Waals surface area contributed by atoms with E-state index in [-0.39, 0.29) is 29.2 Å². The van der Waals surface area contributed by atoms with E-state index in [1.807, 2.05) is 0 Å². The smallest absolute Gasteiger partial charge is 0.338 e. The molecule has 0 radical (unpaired) electrons. The number of esters is 3. The molecule has 1 aliphatic rings. The average Bonchev–Trinajstić information content (AvgIpc) is 3.57. The first-order valence-corrected chi connectivity index (χ1v) is 14.2. The van der Waals surface area contributed by atoms with E-state index in [1.165, 1.54) is 11.0 Å². The van der Waals surface area contributed by atoms with Crippen molar-refractivity contribution in [2.45, 2.75) is 24.5 Å². The summed E-state index contributed by atoms with van der Waals surface area (Å²) in [4.78, 5) is 47.9. The summed E-state index contributed by atoms with van der Waals surface area (Å²) in [6.45, 7) is -0.339. The zero-order valence-corrected chi connectivity index (χ0v) is 24.4. The van der Waals surface area contributed by atoms with Gasteiger partial charge in [0.2, 0.25) is 0 Å². The standard InChI is InChI=1S/C31H24BrN5O7/c32-25-22-26(33)34-17-35-27(22)37(36-25)28-24(44-31(40)20-14-8-3-9-15-20)23(43-30(39)19-12-6-2-7-13-19)21(42-28)16-41-29(38)18-10-4-1-5-11-18/h1-15,17,21,23-24,28H,16H2,(H2,33,34,35)/t21-,23+,24+,28+/m0/s1. The summed E-state index contributed by atoms with van der Waals surface area (Å²) in [6, 6.07) is 25.0. The van der Waals surface area contributed by atoms with Crippen LogP contribution in [0, 0.1) is 0 Å². The van der Waals surface area contributed by atoms with Gasteiger partial charge in [0.1, 0.15) is 29.5 Å². The van der Waals surface area contributed by atoms with E-state index in [4.69, 9.17) is 24.7 Å². The topological polar surface area (TPSA) is 158 Å². The molecular formula is C31H24BrN5O7. The molecule has 0 saturated carbocycles. The summed E-state index contributed by atoms with van der Waals surface area (Å²) in [6.07, 6.45) is -3.50. The summed E-state index contributed by atoms with van der Waals surface area (Å²) in [5, 5.41) is 4.90. The number of rotatable bonds is 8. The van der Waals surface area contributed by atoms with Crippen LogP contribution in [0.5, 0.6) is 0 Å². The van der Waals surface area contributed by atoms with E-state index in [0.717, 1.165) is 0 Å². The van der Waals surface area contributed by atoms with E-state index < -0.39 is 42.4 Å². The normalized spacial score (nSPS) is 19.4. The molecule has 222 valence electrons. The van der Waals surface area contributed by atoms with Crippen molar-refractivity contribution in [3.05, 3.63) is 119 Å². The number of halogens is 1. The highest BCUT2D eigenvalue weighted by atomic mass is 79.9. The highest BCUT2D eigenvalue weighted by Crippen LogP contribution is 2.38. The molecule has 12 nitrogen and oxygen atoms in total. The molecule has 1 saturated heterocycles. The minimum Gasteiger partial charge on any atom is -0.459 e. The monoisotopic (exact) mass is 657 g/mol. The quantitative estimate of drug-likeness (QED) is 0.186. The predicted octanol–water partition coefficient (Wildman–Crippen LogP) is 4.38. The predicted molar refractivity (Wildman–Crippen MR) is 159 cm³/mol. The number of ether oxygens (including phenoxy) is 4. The maximum absolute atomic E-state index is 13.4. The van der Waals surface area contributed by atoms with Crippen LogP contribution in [0.25, 0.3) is 11.0 Å². The minimum atomic E-state index is -1.26. The fourth-order valence-corrected chi connectivity index (χ4v) is 5.34. The number of nitrogens with zero attached hydrogens (tertiary/aromatic N) is 4. The summed E-state index contributed by atoms with van der Waals surface area (Å²) >= 11 is 3.39. The van der Waals surface area contributed by atoms with Gasteiger partial charge in [0.15, 0.2) is 24.1 Å². The van der Waals surface area contributed by atoms with Crippen molar-refractivity contribution >= 4 is 50.7 Å². The first-order valence-electron chi connectivity index (χ1n) is 13.4. The highest BCUT2D eigenvalue weighted by molar-refractivity contribution is 9.10. The van der Waals surface area contributed by atoms with Crippen molar-refractivity contribution in [3.63, 3.8) is 0 Å². The minimum absolute atomic E-state index is 0.157. The molecule has 0 amide bonds. The van der Waals surface area contributed by atoms with Crippen molar-refractivity contribution in [3.8, 4) is 0 Å². The van der Waals surface area contributed by atoms with E-state index in [2.05, 4.69) is 31.0 Å². The largest absolute Gasteiger partial charge is 0.459 e. The number of hydrogen-bond donors (Lipinski definition) is 1. The second-order valence-corrected chi connectivity index (χ2v) is 10.4. The Morgan fingerprint density at radius 1 is 0.773 bits per heavy atom. The van der Waals surface area contributed by atoms with E-state index >= 15 is 0 Å². The Balaban J connectivity index is 1.39. The number of aromatic nitrogens is 4. The fraction of sp³-hybridized carbons (Fsp3) is 0.161. The first kappa shape index (κ1) is 29.0. The Labute approximate surface area is 258 Å². The molecule has 0 spiro atoms. The zero-order chi connectivity index (χ0) is 30.6. The van der Waals surface area contributed by atoms with Crippen molar-refractivity contribution in [1.29, 1.82) is 0 Å². The molecule has 0 bridgehead atoms. The SMILES string of the molecule is Nc1ncnc2c1c(Br)nn2[C@@H]1O[C@@H](COC(=O)c2ccccc2)[C@@H](OC(=O)c2ccccc2)[C@H]1OC(=O)c1ccccc1. The van der Waals surface area contributed by atoms with E-state index in [1.54, 1.807) is 91.0 Å². The third kappa shape index (κ3) is 5.87. The van der Waals surface area contributed by atoms with Crippen LogP contribution in [-0.4, -0.2) is 62.6 Å². The van der Waals surface area contributed by atoms with Gasteiger partial charge >= 0.3 is 17.9 Å². The van der Waals surface area contributed by atoms with Crippen LogP contribution < -0.4 is 5.73 Å². The number of benzene rings is 3. The number of carbonyl (C=O) groups excluding carboxylic acids is 3. The van der Waals surface area contributed by atoms with Crippen LogP contribution in [0.2, 0.25) is 0 Å². The third-order valence-electron chi connectivity index (χ3n) is 6.90. The van der Waals surface area contributed by atoms with Crippen LogP contribution in [0.1, 0.15) is 37.3 Å². The van der Waals surface area contributed by atoms with Crippen molar-refractivity contribution < 1.29 is 33.3 Å². The van der Waals surface area contributed by atoms with Gasteiger partial charge in [0.25, 0.3) is 0 Å². The van der Waals surface area contributed by atoms with Crippen molar-refractivity contribution in [1.82, 2.24) is 19.7 Å². The number of carbonyl (C=O) groups is 3. The molecule has 0 unspecified atom stereocenters. The molecule has 4 atom stereocenters. The van der Waals surface area contributed by atoms with Crippen molar-refractivity contribution in [2.24, 2.45) is 0 Å². The van der Waals surface area contributed by atoms with Gasteiger partial charge in [-0.25, -0.2) is 29.0 Å². The van der Waals surface area contributed by atoms with Crippen LogP contribution in [0.4, 0.5) is 5.82 Å². The van der Waals surface area contributed by atoms with Gasteiger partial charge in [-0.2, -0.15) is 5.10 Å². The number of nitrogen functional groups attached to an aromatic ring is 1. The Kier molecular flexibility index (Phi) is 8.30. The molecule has 0 aliphatic carbocycles. The molecule has 5 aromatic rings. The van der Waals surface area contributed by atoms with Crippen LogP contribution in [0.3, 0.4) is 0 Å². The van der Waals surface area contributed by atoms with Crippen LogP contribution in [-0.2, 0) is 18.9 Å². The Morgan fingerprint density at radius 2 is 1.30 bits per heavy atom. The van der Waals surface area contributed by atoms with Gasteiger partial charge in [-0.1, -0.05) is 54.6 Å². The number of nitrogens with two attached hydrogens (primary N) is 1. The van der Waals surface area contributed by atoms with E-state index in [0.29, 0.717) is 15.6 Å². The molecule has 2 N–H and O–H groups in total. The maximum atomic E-state index is 13.4. The summed E-state index contributed by atoms with van der Waals surface area (Å²) < 4.78 is 25.5. The van der Waals surface area contributed by atoms with Crippen molar-refractivity contribution in [2.75, 3.05) is 12.3 Å². The zero-order valence-electron chi connectivity index (χ0n) is 22.9.